The fraction of sp³-hybridized carbons (Fsp3) is 0.550. The van der Waals surface area contributed by atoms with Crippen molar-refractivity contribution in [1.29, 1.82) is 0 Å². The van der Waals surface area contributed by atoms with Gasteiger partial charge < -0.3 is 14.4 Å². The molecule has 140 valence electrons. The van der Waals surface area contributed by atoms with Crippen molar-refractivity contribution in [3.8, 4) is 0 Å². The molecule has 1 aliphatic heterocycles. The minimum absolute atomic E-state index is 0.00335. The zero-order valence-electron chi connectivity index (χ0n) is 16.1. The zero-order chi connectivity index (χ0) is 18.8. The van der Waals surface area contributed by atoms with Gasteiger partial charge in [0.1, 0.15) is 0 Å². The van der Waals surface area contributed by atoms with E-state index >= 15 is 0 Å². The highest BCUT2D eigenvalue weighted by Crippen LogP contribution is 2.17. The Labute approximate surface area is 154 Å². The van der Waals surface area contributed by atoms with E-state index in [4.69, 9.17) is 0 Å². The summed E-state index contributed by atoms with van der Waals surface area (Å²) in [5.41, 5.74) is 1.67. The molecule has 0 radical (unpaired) electrons. The number of nitrogens with zero attached hydrogens (tertiary/aromatic N) is 4. The number of fused-ring (bicyclic) bond motifs is 1. The van der Waals surface area contributed by atoms with Crippen molar-refractivity contribution in [3.05, 3.63) is 34.6 Å². The van der Waals surface area contributed by atoms with Gasteiger partial charge in [0.25, 0.3) is 5.56 Å². The second-order valence-electron chi connectivity index (χ2n) is 7.70. The number of carbonyl (C=O) groups is 1. The number of hydrogen-bond acceptors (Lipinski definition) is 4. The van der Waals surface area contributed by atoms with Gasteiger partial charge in [-0.15, -0.1) is 0 Å². The molecule has 0 bridgehead atoms. The van der Waals surface area contributed by atoms with Gasteiger partial charge in [0.2, 0.25) is 5.91 Å². The molecule has 0 spiro atoms. The Balaban J connectivity index is 1.93. The Bertz CT molecular complexity index is 849. The maximum Gasteiger partial charge on any atom is 0.294 e. The normalized spacial score (nSPS) is 15.3. The van der Waals surface area contributed by atoms with Crippen molar-refractivity contribution in [2.45, 2.75) is 34.2 Å². The Morgan fingerprint density at radius 2 is 1.73 bits per heavy atom. The lowest BCUT2D eigenvalue weighted by Gasteiger charge is -2.36. The van der Waals surface area contributed by atoms with E-state index in [1.165, 1.54) is 0 Å². The molecular weight excluding hydrogens is 328 g/mol. The predicted octanol–water partition coefficient (Wildman–Crippen LogP) is 2.36. The first-order valence-electron chi connectivity index (χ1n) is 9.41. The van der Waals surface area contributed by atoms with Crippen LogP contribution in [0.3, 0.4) is 0 Å². The number of carbonyl (C=O) groups excluding carboxylic acids is 1. The molecule has 1 aliphatic rings. The molecule has 1 aromatic carbocycles. The van der Waals surface area contributed by atoms with E-state index in [2.05, 4.69) is 18.8 Å². The van der Waals surface area contributed by atoms with Crippen molar-refractivity contribution in [3.63, 3.8) is 0 Å². The summed E-state index contributed by atoms with van der Waals surface area (Å²) in [6, 6.07) is 7.79. The van der Waals surface area contributed by atoms with Gasteiger partial charge in [-0.2, -0.15) is 0 Å². The van der Waals surface area contributed by atoms with Crippen LogP contribution in [-0.2, 0) is 11.3 Å². The number of amides is 1. The van der Waals surface area contributed by atoms with Crippen LogP contribution in [0.25, 0.3) is 11.0 Å². The smallest absolute Gasteiger partial charge is 0.294 e. The molecular formula is C20H28N4O2. The monoisotopic (exact) mass is 356 g/mol. The molecule has 6 heteroatoms. The average molecular weight is 356 g/mol. The molecule has 2 aromatic rings. The molecule has 1 aromatic heterocycles. The molecule has 0 saturated carbocycles. The second kappa shape index (κ2) is 7.48. The van der Waals surface area contributed by atoms with Crippen molar-refractivity contribution in [1.82, 2.24) is 14.5 Å². The van der Waals surface area contributed by atoms with E-state index in [0.717, 1.165) is 11.0 Å². The molecule has 1 fully saturated rings. The van der Waals surface area contributed by atoms with E-state index in [9.17, 15) is 9.59 Å². The number of anilines is 1. The Kier molecular flexibility index (Phi) is 5.30. The molecule has 1 amide bonds. The summed E-state index contributed by atoms with van der Waals surface area (Å²) in [6.07, 6.45) is 0. The molecule has 1 saturated heterocycles. The van der Waals surface area contributed by atoms with Crippen molar-refractivity contribution in [2.75, 3.05) is 31.1 Å². The van der Waals surface area contributed by atoms with E-state index in [-0.39, 0.29) is 17.4 Å². The lowest BCUT2D eigenvalue weighted by atomic mass is 10.1. The van der Waals surface area contributed by atoms with Crippen LogP contribution in [0.15, 0.2) is 29.1 Å². The summed E-state index contributed by atoms with van der Waals surface area (Å²) in [4.78, 5) is 33.9. The van der Waals surface area contributed by atoms with Crippen LogP contribution < -0.4 is 10.5 Å². The highest BCUT2D eigenvalue weighted by Gasteiger charge is 2.25. The highest BCUT2D eigenvalue weighted by molar-refractivity contribution is 5.79. The first-order chi connectivity index (χ1) is 12.4. The maximum absolute atomic E-state index is 13.1. The summed E-state index contributed by atoms with van der Waals surface area (Å²) < 4.78 is 1.84. The van der Waals surface area contributed by atoms with Gasteiger partial charge in [-0.05, 0) is 18.1 Å². The first-order valence-corrected chi connectivity index (χ1v) is 9.41. The fourth-order valence-electron chi connectivity index (χ4n) is 3.44. The lowest BCUT2D eigenvalue weighted by Crippen LogP contribution is -2.51. The first kappa shape index (κ1) is 18.4. The number of para-hydroxylation sites is 2. The van der Waals surface area contributed by atoms with Gasteiger partial charge in [0.15, 0.2) is 5.82 Å². The van der Waals surface area contributed by atoms with E-state index in [0.29, 0.717) is 44.5 Å². The third-order valence-electron chi connectivity index (χ3n) is 4.77. The molecule has 6 nitrogen and oxygen atoms in total. The Morgan fingerprint density at radius 3 is 2.35 bits per heavy atom. The van der Waals surface area contributed by atoms with E-state index < -0.39 is 0 Å². The van der Waals surface area contributed by atoms with E-state index in [1.54, 1.807) is 0 Å². The van der Waals surface area contributed by atoms with Gasteiger partial charge in [-0.25, -0.2) is 4.98 Å². The third kappa shape index (κ3) is 3.59. The van der Waals surface area contributed by atoms with Crippen molar-refractivity contribution in [2.24, 2.45) is 11.8 Å². The average Bonchev–Trinajstić information content (AvgIpc) is 2.63. The van der Waals surface area contributed by atoms with Crippen LogP contribution in [-0.4, -0.2) is 46.5 Å². The molecule has 26 heavy (non-hydrogen) atoms. The topological polar surface area (TPSA) is 58.4 Å². The quantitative estimate of drug-likeness (QED) is 0.844. The minimum Gasteiger partial charge on any atom is -0.348 e. The van der Waals surface area contributed by atoms with Gasteiger partial charge in [0, 0.05) is 38.6 Å². The van der Waals surface area contributed by atoms with Crippen LogP contribution >= 0.6 is 0 Å². The molecule has 2 heterocycles. The van der Waals surface area contributed by atoms with Crippen molar-refractivity contribution < 1.29 is 4.79 Å². The molecule has 0 unspecified atom stereocenters. The minimum atomic E-state index is -0.0407. The summed E-state index contributed by atoms with van der Waals surface area (Å²) in [5, 5.41) is 0. The van der Waals surface area contributed by atoms with Gasteiger partial charge in [0.05, 0.1) is 11.0 Å². The van der Waals surface area contributed by atoms with Gasteiger partial charge in [-0.1, -0.05) is 39.8 Å². The van der Waals surface area contributed by atoms with Crippen LogP contribution in [0.4, 0.5) is 5.82 Å². The summed E-state index contributed by atoms with van der Waals surface area (Å²) in [7, 11) is 0. The second-order valence-corrected chi connectivity index (χ2v) is 7.70. The van der Waals surface area contributed by atoms with Crippen LogP contribution in [0, 0.1) is 11.8 Å². The van der Waals surface area contributed by atoms with Crippen LogP contribution in [0.1, 0.15) is 27.7 Å². The van der Waals surface area contributed by atoms with Crippen LogP contribution in [0.5, 0.6) is 0 Å². The standard InChI is InChI=1S/C20H28N4O2/c1-14(2)13-24-17-8-6-5-7-16(17)21-18(20(24)26)22-9-11-23(12-10-22)19(25)15(3)4/h5-8,14-15H,9-13H2,1-4H3. The summed E-state index contributed by atoms with van der Waals surface area (Å²) in [5.74, 6) is 1.05. The lowest BCUT2D eigenvalue weighted by molar-refractivity contribution is -0.134. The largest absolute Gasteiger partial charge is 0.348 e. The molecule has 0 atom stereocenters. The number of aromatic nitrogens is 2. The number of benzene rings is 1. The predicted molar refractivity (Wildman–Crippen MR) is 104 cm³/mol. The molecule has 3 rings (SSSR count). The SMILES string of the molecule is CC(C)Cn1c(=O)c(N2CCN(C(=O)C(C)C)CC2)nc2ccccc21. The number of rotatable bonds is 4. The Morgan fingerprint density at radius 1 is 1.08 bits per heavy atom. The molecule has 0 N–H and O–H groups in total. The number of hydrogen-bond donors (Lipinski definition) is 0. The fourth-order valence-corrected chi connectivity index (χ4v) is 3.44. The van der Waals surface area contributed by atoms with Gasteiger partial charge >= 0.3 is 0 Å². The zero-order valence-corrected chi connectivity index (χ0v) is 16.1. The summed E-state index contributed by atoms with van der Waals surface area (Å²) in [6.45, 7) is 11.3. The van der Waals surface area contributed by atoms with E-state index in [1.807, 2.05) is 52.5 Å². The molecule has 0 aliphatic carbocycles. The summed E-state index contributed by atoms with van der Waals surface area (Å²) >= 11 is 0. The van der Waals surface area contributed by atoms with Crippen molar-refractivity contribution >= 4 is 22.8 Å². The van der Waals surface area contributed by atoms with Gasteiger partial charge in [-0.3, -0.25) is 9.59 Å². The highest BCUT2D eigenvalue weighted by atomic mass is 16.2. The number of piperazine rings is 1. The third-order valence-corrected chi connectivity index (χ3v) is 4.77. The maximum atomic E-state index is 13.1. The Hall–Kier alpha value is -2.37. The van der Waals surface area contributed by atoms with Crippen LogP contribution in [0.2, 0.25) is 0 Å².